The molecule has 1 aliphatic rings. The van der Waals surface area contributed by atoms with Gasteiger partial charge in [0.1, 0.15) is 17.4 Å². The van der Waals surface area contributed by atoms with E-state index in [1.54, 1.807) is 13.2 Å². The summed E-state index contributed by atoms with van der Waals surface area (Å²) in [6, 6.07) is 4.66. The van der Waals surface area contributed by atoms with Gasteiger partial charge in [-0.25, -0.2) is 9.37 Å². The molecule has 1 aromatic carbocycles. The molecular formula is C20H24FN3O2S. The molecule has 27 heavy (non-hydrogen) atoms. The third-order valence-corrected chi connectivity index (χ3v) is 5.99. The Kier molecular flexibility index (Phi) is 5.33. The highest BCUT2D eigenvalue weighted by Crippen LogP contribution is 2.40. The Morgan fingerprint density at radius 2 is 2.11 bits per heavy atom. The quantitative estimate of drug-likeness (QED) is 0.820. The summed E-state index contributed by atoms with van der Waals surface area (Å²) in [6.07, 6.45) is 2.47. The van der Waals surface area contributed by atoms with Gasteiger partial charge >= 0.3 is 0 Å². The SMILES string of the molecule is CC(C)COc1cc(F)cc(-c2cnc([C@@]3(C)CC(=N)N(C)C(=O)C3)s2)c1. The highest BCUT2D eigenvalue weighted by Gasteiger charge is 2.40. The highest BCUT2D eigenvalue weighted by molar-refractivity contribution is 7.15. The zero-order valence-corrected chi connectivity index (χ0v) is 16.8. The molecule has 1 aromatic heterocycles. The summed E-state index contributed by atoms with van der Waals surface area (Å²) >= 11 is 1.44. The van der Waals surface area contributed by atoms with Crippen molar-refractivity contribution in [2.45, 2.75) is 39.0 Å². The van der Waals surface area contributed by atoms with Crippen molar-refractivity contribution < 1.29 is 13.9 Å². The van der Waals surface area contributed by atoms with Crippen LogP contribution >= 0.6 is 11.3 Å². The van der Waals surface area contributed by atoms with Gasteiger partial charge in [-0.15, -0.1) is 11.3 Å². The van der Waals surface area contributed by atoms with Crippen molar-refractivity contribution in [3.05, 3.63) is 35.2 Å². The van der Waals surface area contributed by atoms with Gasteiger partial charge in [-0.05, 0) is 23.6 Å². The molecule has 1 N–H and O–H groups in total. The minimum atomic E-state index is -0.506. The van der Waals surface area contributed by atoms with Gasteiger partial charge < -0.3 is 9.64 Å². The number of nitrogens with zero attached hydrogens (tertiary/aromatic N) is 2. The van der Waals surface area contributed by atoms with Crippen LogP contribution in [0.5, 0.6) is 5.75 Å². The second kappa shape index (κ2) is 7.38. The predicted octanol–water partition coefficient (Wildman–Crippen LogP) is 4.47. The first kappa shape index (κ1) is 19.5. The fraction of sp³-hybridized carbons (Fsp3) is 0.450. The van der Waals surface area contributed by atoms with Crippen molar-refractivity contribution >= 4 is 23.1 Å². The number of benzene rings is 1. The second-order valence-corrected chi connectivity index (χ2v) is 8.75. The third kappa shape index (κ3) is 4.18. The predicted molar refractivity (Wildman–Crippen MR) is 105 cm³/mol. The molecule has 0 bridgehead atoms. The Morgan fingerprint density at radius 1 is 1.37 bits per heavy atom. The number of hydrogen-bond donors (Lipinski definition) is 1. The lowest BCUT2D eigenvalue weighted by atomic mass is 9.80. The molecule has 7 heteroatoms. The summed E-state index contributed by atoms with van der Waals surface area (Å²) in [7, 11) is 1.63. The Hall–Kier alpha value is -2.28. The lowest BCUT2D eigenvalue weighted by molar-refractivity contribution is -0.128. The molecule has 1 amide bonds. The van der Waals surface area contributed by atoms with Gasteiger partial charge in [0.2, 0.25) is 5.91 Å². The molecule has 0 aliphatic carbocycles. The van der Waals surface area contributed by atoms with Crippen LogP contribution in [0.25, 0.3) is 10.4 Å². The molecule has 0 radical (unpaired) electrons. The number of carbonyl (C=O) groups excluding carboxylic acids is 1. The Balaban J connectivity index is 1.87. The minimum absolute atomic E-state index is 0.0828. The van der Waals surface area contributed by atoms with E-state index in [0.29, 0.717) is 42.5 Å². The number of ether oxygens (including phenoxy) is 1. The Bertz CT molecular complexity index is 860. The van der Waals surface area contributed by atoms with Crippen molar-refractivity contribution in [3.8, 4) is 16.2 Å². The van der Waals surface area contributed by atoms with Crippen molar-refractivity contribution in [2.24, 2.45) is 5.92 Å². The lowest BCUT2D eigenvalue weighted by Crippen LogP contribution is -2.46. The maximum Gasteiger partial charge on any atom is 0.228 e. The number of carbonyl (C=O) groups is 1. The molecule has 3 rings (SSSR count). The highest BCUT2D eigenvalue weighted by atomic mass is 32.1. The van der Waals surface area contributed by atoms with E-state index in [2.05, 4.69) is 4.98 Å². The van der Waals surface area contributed by atoms with Crippen molar-refractivity contribution in [1.82, 2.24) is 9.88 Å². The van der Waals surface area contributed by atoms with Gasteiger partial charge in [-0.1, -0.05) is 20.8 Å². The van der Waals surface area contributed by atoms with Crippen LogP contribution in [0.2, 0.25) is 0 Å². The number of aromatic nitrogens is 1. The number of hydrogen-bond acceptors (Lipinski definition) is 5. The molecule has 1 aliphatic heterocycles. The molecule has 1 fully saturated rings. The van der Waals surface area contributed by atoms with Crippen molar-refractivity contribution in [1.29, 1.82) is 5.41 Å². The summed E-state index contributed by atoms with van der Waals surface area (Å²) in [5.41, 5.74) is 0.198. The van der Waals surface area contributed by atoms with E-state index in [-0.39, 0.29) is 11.7 Å². The van der Waals surface area contributed by atoms with E-state index in [1.807, 2.05) is 26.8 Å². The van der Waals surface area contributed by atoms with Gasteiger partial charge in [0.05, 0.1) is 16.5 Å². The largest absolute Gasteiger partial charge is 0.493 e. The van der Waals surface area contributed by atoms with Crippen LogP contribution in [0, 0.1) is 17.1 Å². The summed E-state index contributed by atoms with van der Waals surface area (Å²) in [4.78, 5) is 18.9. The Morgan fingerprint density at radius 3 is 2.78 bits per heavy atom. The summed E-state index contributed by atoms with van der Waals surface area (Å²) in [5.74, 6) is 0.699. The fourth-order valence-electron chi connectivity index (χ4n) is 3.04. The topological polar surface area (TPSA) is 66.3 Å². The Labute approximate surface area is 162 Å². The molecule has 5 nitrogen and oxygen atoms in total. The minimum Gasteiger partial charge on any atom is -0.493 e. The maximum atomic E-state index is 14.0. The standard InChI is InChI=1S/C20H24FN3O2S/c1-12(2)11-26-15-6-13(5-14(21)7-15)16-10-23-19(27-16)20(3)8-17(22)24(4)18(25)9-20/h5-7,10,12,22H,8-9,11H2,1-4H3/t20-/m0/s1. The molecule has 2 aromatic rings. The smallest absolute Gasteiger partial charge is 0.228 e. The first-order valence-electron chi connectivity index (χ1n) is 8.92. The van der Waals surface area contributed by atoms with Crippen LogP contribution < -0.4 is 4.74 Å². The van der Waals surface area contributed by atoms with Gasteiger partial charge in [0.25, 0.3) is 0 Å². The summed E-state index contributed by atoms with van der Waals surface area (Å²) < 4.78 is 19.7. The van der Waals surface area contributed by atoms with Gasteiger partial charge in [0, 0.05) is 37.6 Å². The van der Waals surface area contributed by atoms with E-state index >= 15 is 0 Å². The third-order valence-electron chi connectivity index (χ3n) is 4.64. The second-order valence-electron chi connectivity index (χ2n) is 7.72. The first-order chi connectivity index (χ1) is 12.7. The van der Waals surface area contributed by atoms with E-state index < -0.39 is 5.41 Å². The lowest BCUT2D eigenvalue weighted by Gasteiger charge is -2.36. The number of halogens is 1. The fourth-order valence-corrected chi connectivity index (χ4v) is 4.09. The number of likely N-dealkylation sites (tertiary alicyclic amines) is 1. The number of amides is 1. The zero-order chi connectivity index (χ0) is 19.8. The first-order valence-corrected chi connectivity index (χ1v) is 9.73. The monoisotopic (exact) mass is 389 g/mol. The molecule has 0 spiro atoms. The normalized spacial score (nSPS) is 20.4. The molecule has 1 saturated heterocycles. The van der Waals surface area contributed by atoms with Gasteiger partial charge in [-0.2, -0.15) is 0 Å². The van der Waals surface area contributed by atoms with E-state index in [0.717, 1.165) is 9.88 Å². The molecular weight excluding hydrogens is 365 g/mol. The summed E-state index contributed by atoms with van der Waals surface area (Å²) in [6.45, 7) is 6.55. The summed E-state index contributed by atoms with van der Waals surface area (Å²) in [5, 5.41) is 8.84. The van der Waals surface area contributed by atoms with E-state index in [4.69, 9.17) is 10.1 Å². The average Bonchev–Trinajstić information content (AvgIpc) is 3.08. The number of piperidine rings is 1. The number of thiazole rings is 1. The van der Waals surface area contributed by atoms with Crippen molar-refractivity contribution in [2.75, 3.05) is 13.7 Å². The molecule has 2 heterocycles. The maximum absolute atomic E-state index is 14.0. The van der Waals surface area contributed by atoms with Gasteiger partial charge in [0.15, 0.2) is 0 Å². The number of amidine groups is 1. The van der Waals surface area contributed by atoms with Crippen LogP contribution in [0.3, 0.4) is 0 Å². The molecule has 1 atom stereocenters. The van der Waals surface area contributed by atoms with Crippen LogP contribution in [-0.4, -0.2) is 35.3 Å². The van der Waals surface area contributed by atoms with Crippen LogP contribution in [0.15, 0.2) is 24.4 Å². The van der Waals surface area contributed by atoms with Crippen LogP contribution in [-0.2, 0) is 10.2 Å². The van der Waals surface area contributed by atoms with Gasteiger partial charge in [-0.3, -0.25) is 10.2 Å². The number of rotatable bonds is 5. The average molecular weight is 389 g/mol. The van der Waals surface area contributed by atoms with Crippen LogP contribution in [0.4, 0.5) is 4.39 Å². The molecule has 0 saturated carbocycles. The van der Waals surface area contributed by atoms with Crippen molar-refractivity contribution in [3.63, 3.8) is 0 Å². The van der Waals surface area contributed by atoms with E-state index in [1.165, 1.54) is 28.4 Å². The number of nitrogens with one attached hydrogen (secondary N) is 1. The molecule has 0 unspecified atom stereocenters. The molecule has 144 valence electrons. The zero-order valence-electron chi connectivity index (χ0n) is 16.0. The van der Waals surface area contributed by atoms with Crippen LogP contribution in [0.1, 0.15) is 38.6 Å². The van der Waals surface area contributed by atoms with E-state index in [9.17, 15) is 9.18 Å².